The van der Waals surface area contributed by atoms with Gasteiger partial charge in [-0.15, -0.1) is 0 Å². The Morgan fingerprint density at radius 1 is 1.04 bits per heavy atom. The molecular formula is C21H32N4O3. The van der Waals surface area contributed by atoms with Crippen LogP contribution in [0.4, 0.5) is 0 Å². The number of morpholine rings is 1. The summed E-state index contributed by atoms with van der Waals surface area (Å²) in [4.78, 5) is 28.6. The Hall–Kier alpha value is -1.96. The van der Waals surface area contributed by atoms with Gasteiger partial charge < -0.3 is 15.4 Å². The third-order valence-electron chi connectivity index (χ3n) is 5.66. The van der Waals surface area contributed by atoms with Crippen molar-refractivity contribution in [1.82, 2.24) is 20.4 Å². The van der Waals surface area contributed by atoms with Crippen molar-refractivity contribution in [3.63, 3.8) is 0 Å². The van der Waals surface area contributed by atoms with Crippen LogP contribution in [0.2, 0.25) is 0 Å². The summed E-state index contributed by atoms with van der Waals surface area (Å²) in [7, 11) is 1.68. The molecule has 2 heterocycles. The van der Waals surface area contributed by atoms with E-state index in [0.29, 0.717) is 13.1 Å². The smallest absolute Gasteiger partial charge is 0.234 e. The molecule has 0 radical (unpaired) electrons. The van der Waals surface area contributed by atoms with Gasteiger partial charge in [-0.2, -0.15) is 0 Å². The number of benzene rings is 1. The largest absolute Gasteiger partial charge is 0.379 e. The highest BCUT2D eigenvalue weighted by molar-refractivity contribution is 5.79. The molecule has 0 bridgehead atoms. The van der Waals surface area contributed by atoms with Crippen molar-refractivity contribution in [1.29, 1.82) is 0 Å². The molecule has 7 heteroatoms. The van der Waals surface area contributed by atoms with E-state index in [1.807, 2.05) is 6.07 Å². The van der Waals surface area contributed by atoms with Gasteiger partial charge in [-0.05, 0) is 37.1 Å². The first-order chi connectivity index (χ1) is 13.7. The normalized spacial score (nSPS) is 19.3. The van der Waals surface area contributed by atoms with E-state index in [1.54, 1.807) is 7.05 Å². The molecule has 7 nitrogen and oxygen atoms in total. The van der Waals surface area contributed by atoms with Crippen molar-refractivity contribution < 1.29 is 14.3 Å². The summed E-state index contributed by atoms with van der Waals surface area (Å²) in [5, 5.41) is 5.78. The molecule has 0 aromatic heterocycles. The summed E-state index contributed by atoms with van der Waals surface area (Å²) in [5.74, 6) is 0.233. The molecule has 0 unspecified atom stereocenters. The Morgan fingerprint density at radius 2 is 1.71 bits per heavy atom. The van der Waals surface area contributed by atoms with Gasteiger partial charge in [0.1, 0.15) is 0 Å². The van der Waals surface area contributed by atoms with Gasteiger partial charge >= 0.3 is 0 Å². The number of nitrogens with zero attached hydrogens (tertiary/aromatic N) is 2. The minimum atomic E-state index is 0.0413. The lowest BCUT2D eigenvalue weighted by molar-refractivity contribution is -0.126. The standard InChI is InChI=1S/C21H32N4O3/c1-22-21(27)17-6-8-24(9-7-17)16-20(26)23-14-18-4-2-3-5-19(18)15-25-10-12-28-13-11-25/h2-5,17H,6-16H2,1H3,(H,22,27)(H,23,26). The number of rotatable bonds is 7. The topological polar surface area (TPSA) is 73.9 Å². The first-order valence-corrected chi connectivity index (χ1v) is 10.2. The van der Waals surface area contributed by atoms with Crippen LogP contribution in [0.1, 0.15) is 24.0 Å². The maximum absolute atomic E-state index is 12.4. The second kappa shape index (κ2) is 10.5. The van der Waals surface area contributed by atoms with Crippen LogP contribution in [0.3, 0.4) is 0 Å². The Labute approximate surface area is 167 Å². The van der Waals surface area contributed by atoms with Crippen LogP contribution in [-0.4, -0.2) is 74.6 Å². The van der Waals surface area contributed by atoms with Crippen LogP contribution in [0.25, 0.3) is 0 Å². The second-order valence-electron chi connectivity index (χ2n) is 7.60. The molecule has 1 aromatic rings. The Kier molecular flexibility index (Phi) is 7.82. The monoisotopic (exact) mass is 388 g/mol. The maximum Gasteiger partial charge on any atom is 0.234 e. The number of ether oxygens (including phenoxy) is 1. The van der Waals surface area contributed by atoms with E-state index in [0.717, 1.165) is 58.8 Å². The molecule has 2 fully saturated rings. The third kappa shape index (κ3) is 6.02. The average Bonchev–Trinajstić information content (AvgIpc) is 2.74. The number of amides is 2. The SMILES string of the molecule is CNC(=O)C1CCN(CC(=O)NCc2ccccc2CN2CCOCC2)CC1. The number of nitrogens with one attached hydrogen (secondary N) is 2. The summed E-state index contributed by atoms with van der Waals surface area (Å²) >= 11 is 0. The highest BCUT2D eigenvalue weighted by atomic mass is 16.5. The molecule has 2 aliphatic rings. The molecule has 0 atom stereocenters. The molecule has 3 rings (SSSR count). The zero-order valence-electron chi connectivity index (χ0n) is 16.8. The summed E-state index contributed by atoms with van der Waals surface area (Å²) in [5.41, 5.74) is 2.43. The fraction of sp³-hybridized carbons (Fsp3) is 0.619. The summed E-state index contributed by atoms with van der Waals surface area (Å²) in [6.45, 7) is 6.89. The third-order valence-corrected chi connectivity index (χ3v) is 5.66. The lowest BCUT2D eigenvalue weighted by atomic mass is 9.96. The van der Waals surface area contributed by atoms with Gasteiger partial charge in [-0.1, -0.05) is 24.3 Å². The zero-order valence-corrected chi connectivity index (χ0v) is 16.8. The summed E-state index contributed by atoms with van der Waals surface area (Å²) in [6.07, 6.45) is 1.63. The molecule has 154 valence electrons. The van der Waals surface area contributed by atoms with Gasteiger partial charge in [-0.3, -0.25) is 19.4 Å². The fourth-order valence-electron chi connectivity index (χ4n) is 3.89. The van der Waals surface area contributed by atoms with Crippen molar-refractivity contribution in [2.24, 2.45) is 5.92 Å². The summed E-state index contributed by atoms with van der Waals surface area (Å²) in [6, 6.07) is 8.30. The zero-order chi connectivity index (χ0) is 19.8. The van der Waals surface area contributed by atoms with Gasteiger partial charge in [0, 0.05) is 39.1 Å². The lowest BCUT2D eigenvalue weighted by Gasteiger charge is -2.30. The van der Waals surface area contributed by atoms with Gasteiger partial charge in [-0.25, -0.2) is 0 Å². The number of piperidine rings is 1. The van der Waals surface area contributed by atoms with Crippen molar-refractivity contribution in [2.75, 3.05) is 53.0 Å². The van der Waals surface area contributed by atoms with E-state index in [1.165, 1.54) is 11.1 Å². The number of hydrogen-bond acceptors (Lipinski definition) is 5. The number of carbonyl (C=O) groups excluding carboxylic acids is 2. The van der Waals surface area contributed by atoms with Crippen molar-refractivity contribution in [3.8, 4) is 0 Å². The van der Waals surface area contributed by atoms with Crippen LogP contribution in [0.15, 0.2) is 24.3 Å². The Morgan fingerprint density at radius 3 is 2.39 bits per heavy atom. The molecule has 28 heavy (non-hydrogen) atoms. The van der Waals surface area contributed by atoms with E-state index in [-0.39, 0.29) is 17.7 Å². The number of hydrogen-bond donors (Lipinski definition) is 2. The van der Waals surface area contributed by atoms with E-state index < -0.39 is 0 Å². The van der Waals surface area contributed by atoms with Gasteiger partial charge in [0.25, 0.3) is 0 Å². The van der Waals surface area contributed by atoms with Gasteiger partial charge in [0.2, 0.25) is 11.8 Å². The van der Waals surface area contributed by atoms with Gasteiger partial charge in [0.05, 0.1) is 19.8 Å². The predicted molar refractivity (Wildman–Crippen MR) is 108 cm³/mol. The number of carbonyl (C=O) groups is 2. The minimum Gasteiger partial charge on any atom is -0.379 e. The second-order valence-corrected chi connectivity index (χ2v) is 7.60. The molecule has 0 spiro atoms. The average molecular weight is 389 g/mol. The first kappa shape index (κ1) is 20.8. The van der Waals surface area contributed by atoms with Crippen LogP contribution in [0.5, 0.6) is 0 Å². The molecular weight excluding hydrogens is 356 g/mol. The van der Waals surface area contributed by atoms with Crippen LogP contribution < -0.4 is 10.6 Å². The van der Waals surface area contributed by atoms with E-state index in [9.17, 15) is 9.59 Å². The minimum absolute atomic E-state index is 0.0413. The highest BCUT2D eigenvalue weighted by Crippen LogP contribution is 2.17. The maximum atomic E-state index is 12.4. The Balaban J connectivity index is 1.44. The van der Waals surface area contributed by atoms with Crippen LogP contribution >= 0.6 is 0 Å². The van der Waals surface area contributed by atoms with Crippen LogP contribution in [-0.2, 0) is 27.4 Å². The first-order valence-electron chi connectivity index (χ1n) is 10.2. The van der Waals surface area contributed by atoms with Crippen molar-refractivity contribution >= 4 is 11.8 Å². The lowest BCUT2D eigenvalue weighted by Crippen LogP contribution is -2.44. The molecule has 2 amide bonds. The van der Waals surface area contributed by atoms with E-state index >= 15 is 0 Å². The number of likely N-dealkylation sites (tertiary alicyclic amines) is 1. The molecule has 2 N–H and O–H groups in total. The molecule has 1 aromatic carbocycles. The Bertz CT molecular complexity index is 653. The summed E-state index contributed by atoms with van der Waals surface area (Å²) < 4.78 is 5.42. The highest BCUT2D eigenvalue weighted by Gasteiger charge is 2.25. The van der Waals surface area contributed by atoms with Crippen molar-refractivity contribution in [3.05, 3.63) is 35.4 Å². The van der Waals surface area contributed by atoms with E-state index in [4.69, 9.17) is 4.74 Å². The fourth-order valence-corrected chi connectivity index (χ4v) is 3.89. The van der Waals surface area contributed by atoms with Crippen molar-refractivity contribution in [2.45, 2.75) is 25.9 Å². The molecule has 0 saturated carbocycles. The quantitative estimate of drug-likeness (QED) is 0.715. The molecule has 2 saturated heterocycles. The molecule has 0 aliphatic carbocycles. The molecule has 2 aliphatic heterocycles. The van der Waals surface area contributed by atoms with Crippen LogP contribution in [0, 0.1) is 5.92 Å². The predicted octanol–water partition coefficient (Wildman–Crippen LogP) is 0.593. The van der Waals surface area contributed by atoms with E-state index in [2.05, 4.69) is 38.6 Å². The van der Waals surface area contributed by atoms with Gasteiger partial charge in [0.15, 0.2) is 0 Å².